The molecular weight excluding hydrogens is 276 g/mol. The minimum Gasteiger partial charge on any atom is -0.370 e. The van der Waals surface area contributed by atoms with Crippen LogP contribution in [0.15, 0.2) is 12.3 Å². The van der Waals surface area contributed by atoms with Crippen molar-refractivity contribution in [2.24, 2.45) is 5.73 Å². The molecule has 0 atom stereocenters. The summed E-state index contributed by atoms with van der Waals surface area (Å²) in [6, 6.07) is 1.75. The summed E-state index contributed by atoms with van der Waals surface area (Å²) in [5.74, 6) is -0.498. The third-order valence-corrected chi connectivity index (χ3v) is 2.81. The van der Waals surface area contributed by atoms with E-state index in [9.17, 15) is 4.79 Å². The standard InChI is InChI=1S/C10H11ClN4O2S/c11-6-3-7-9(13-4-6)15(10(18)14-7)1-2-17-5-8(12)16/h3-4H,1-2,5H2,(H2,12,16)(H,14,18). The highest BCUT2D eigenvalue weighted by molar-refractivity contribution is 7.71. The van der Waals surface area contributed by atoms with Crippen LogP contribution < -0.4 is 5.73 Å². The van der Waals surface area contributed by atoms with Gasteiger partial charge in [-0.2, -0.15) is 0 Å². The van der Waals surface area contributed by atoms with Gasteiger partial charge in [-0.15, -0.1) is 0 Å². The second kappa shape index (κ2) is 5.47. The SMILES string of the molecule is NC(=O)COCCn1c(=S)[nH]c2cc(Cl)cnc21. The van der Waals surface area contributed by atoms with Gasteiger partial charge in [-0.05, 0) is 18.3 Å². The first kappa shape index (κ1) is 13.0. The Morgan fingerprint density at radius 1 is 1.67 bits per heavy atom. The summed E-state index contributed by atoms with van der Waals surface area (Å²) in [4.78, 5) is 17.7. The number of amides is 1. The van der Waals surface area contributed by atoms with Crippen molar-refractivity contribution in [2.75, 3.05) is 13.2 Å². The number of halogens is 1. The third-order valence-electron chi connectivity index (χ3n) is 2.28. The maximum atomic E-state index is 10.5. The van der Waals surface area contributed by atoms with Crippen LogP contribution in [-0.2, 0) is 16.1 Å². The van der Waals surface area contributed by atoms with E-state index in [-0.39, 0.29) is 6.61 Å². The predicted octanol–water partition coefficient (Wildman–Crippen LogP) is 1.25. The zero-order valence-electron chi connectivity index (χ0n) is 9.35. The number of carbonyl (C=O) groups is 1. The molecule has 18 heavy (non-hydrogen) atoms. The van der Waals surface area contributed by atoms with Gasteiger partial charge in [0.25, 0.3) is 0 Å². The second-order valence-corrected chi connectivity index (χ2v) is 4.45. The van der Waals surface area contributed by atoms with Gasteiger partial charge in [0, 0.05) is 6.20 Å². The Balaban J connectivity index is 2.15. The molecule has 2 aromatic rings. The van der Waals surface area contributed by atoms with Crippen molar-refractivity contribution in [3.05, 3.63) is 22.1 Å². The van der Waals surface area contributed by atoms with Gasteiger partial charge in [0.1, 0.15) is 6.61 Å². The number of hydrogen-bond donors (Lipinski definition) is 2. The molecule has 0 saturated carbocycles. The Morgan fingerprint density at radius 2 is 2.44 bits per heavy atom. The van der Waals surface area contributed by atoms with Crippen LogP contribution in [-0.4, -0.2) is 33.7 Å². The molecule has 2 aromatic heterocycles. The van der Waals surface area contributed by atoms with E-state index in [4.69, 9.17) is 34.3 Å². The summed E-state index contributed by atoms with van der Waals surface area (Å²) in [7, 11) is 0. The number of imidazole rings is 1. The smallest absolute Gasteiger partial charge is 0.243 e. The number of nitrogens with two attached hydrogens (primary N) is 1. The summed E-state index contributed by atoms with van der Waals surface area (Å²) in [5.41, 5.74) is 6.43. The zero-order chi connectivity index (χ0) is 13.1. The van der Waals surface area contributed by atoms with Gasteiger partial charge >= 0.3 is 0 Å². The van der Waals surface area contributed by atoms with E-state index in [2.05, 4.69) is 9.97 Å². The van der Waals surface area contributed by atoms with Crippen molar-refractivity contribution in [1.29, 1.82) is 0 Å². The summed E-state index contributed by atoms with van der Waals surface area (Å²) < 4.78 is 7.40. The topological polar surface area (TPSA) is 85.9 Å². The van der Waals surface area contributed by atoms with E-state index >= 15 is 0 Å². The third kappa shape index (κ3) is 2.87. The molecule has 8 heteroatoms. The van der Waals surface area contributed by atoms with Gasteiger partial charge in [0.15, 0.2) is 10.4 Å². The normalized spacial score (nSPS) is 10.9. The number of rotatable bonds is 5. The fourth-order valence-electron chi connectivity index (χ4n) is 1.55. The number of pyridine rings is 1. The molecule has 3 N–H and O–H groups in total. The summed E-state index contributed by atoms with van der Waals surface area (Å²) in [6.07, 6.45) is 1.55. The highest BCUT2D eigenvalue weighted by Gasteiger charge is 2.06. The predicted molar refractivity (Wildman–Crippen MR) is 69.9 cm³/mol. The Labute approximate surface area is 113 Å². The van der Waals surface area contributed by atoms with E-state index in [1.54, 1.807) is 16.8 Å². The molecule has 2 heterocycles. The van der Waals surface area contributed by atoms with Gasteiger partial charge in [-0.1, -0.05) is 11.6 Å². The van der Waals surface area contributed by atoms with Gasteiger partial charge in [-0.25, -0.2) is 4.98 Å². The number of primary amides is 1. The minimum absolute atomic E-state index is 0.102. The molecule has 1 amide bonds. The molecule has 96 valence electrons. The lowest BCUT2D eigenvalue weighted by Gasteiger charge is -2.04. The lowest BCUT2D eigenvalue weighted by molar-refractivity contribution is -0.122. The molecule has 0 aromatic carbocycles. The fourth-order valence-corrected chi connectivity index (χ4v) is 2.00. The van der Waals surface area contributed by atoms with Crippen LogP contribution in [0, 0.1) is 4.77 Å². The first-order valence-corrected chi connectivity index (χ1v) is 5.96. The number of ether oxygens (including phenoxy) is 1. The Hall–Kier alpha value is -1.44. The fraction of sp³-hybridized carbons (Fsp3) is 0.300. The monoisotopic (exact) mass is 286 g/mol. The van der Waals surface area contributed by atoms with Crippen LogP contribution in [0.25, 0.3) is 11.2 Å². The number of fused-ring (bicyclic) bond motifs is 1. The molecule has 6 nitrogen and oxygen atoms in total. The van der Waals surface area contributed by atoms with Crippen LogP contribution in [0.4, 0.5) is 0 Å². The van der Waals surface area contributed by atoms with Gasteiger partial charge < -0.3 is 15.5 Å². The van der Waals surface area contributed by atoms with Crippen LogP contribution in [0.5, 0.6) is 0 Å². The Morgan fingerprint density at radius 3 is 3.17 bits per heavy atom. The van der Waals surface area contributed by atoms with E-state index in [0.29, 0.717) is 28.6 Å². The number of aromatic amines is 1. The Kier molecular flexibility index (Phi) is 3.95. The highest BCUT2D eigenvalue weighted by Crippen LogP contribution is 2.16. The average Bonchev–Trinajstić information content (AvgIpc) is 2.59. The van der Waals surface area contributed by atoms with Crippen molar-refractivity contribution in [1.82, 2.24) is 14.5 Å². The molecular formula is C10H11ClN4O2S. The van der Waals surface area contributed by atoms with Crippen molar-refractivity contribution in [3.63, 3.8) is 0 Å². The molecule has 0 aliphatic heterocycles. The average molecular weight is 287 g/mol. The molecule has 0 spiro atoms. The molecule has 0 aliphatic rings. The largest absolute Gasteiger partial charge is 0.370 e. The van der Waals surface area contributed by atoms with Crippen molar-refractivity contribution in [2.45, 2.75) is 6.54 Å². The summed E-state index contributed by atoms with van der Waals surface area (Å²) in [6.45, 7) is 0.712. The molecule has 0 radical (unpaired) electrons. The van der Waals surface area contributed by atoms with Gasteiger partial charge in [0.05, 0.1) is 23.7 Å². The summed E-state index contributed by atoms with van der Waals surface area (Å²) >= 11 is 11.0. The van der Waals surface area contributed by atoms with Crippen LogP contribution in [0.3, 0.4) is 0 Å². The Bertz CT molecular complexity index is 636. The van der Waals surface area contributed by atoms with Crippen LogP contribution >= 0.6 is 23.8 Å². The number of H-pyrrole nitrogens is 1. The molecule has 0 fully saturated rings. The van der Waals surface area contributed by atoms with Crippen LogP contribution in [0.2, 0.25) is 5.02 Å². The van der Waals surface area contributed by atoms with E-state index in [1.807, 2.05) is 0 Å². The molecule has 0 saturated heterocycles. The lowest BCUT2D eigenvalue weighted by atomic mass is 10.4. The van der Waals surface area contributed by atoms with E-state index in [0.717, 1.165) is 5.52 Å². The number of nitrogens with one attached hydrogen (secondary N) is 1. The van der Waals surface area contributed by atoms with Crippen molar-refractivity contribution in [3.8, 4) is 0 Å². The maximum Gasteiger partial charge on any atom is 0.243 e. The minimum atomic E-state index is -0.498. The number of carbonyl (C=O) groups excluding carboxylic acids is 1. The van der Waals surface area contributed by atoms with E-state index in [1.165, 1.54) is 0 Å². The molecule has 0 aliphatic carbocycles. The zero-order valence-corrected chi connectivity index (χ0v) is 10.9. The van der Waals surface area contributed by atoms with Gasteiger partial charge in [-0.3, -0.25) is 9.36 Å². The summed E-state index contributed by atoms with van der Waals surface area (Å²) in [5, 5.41) is 0.538. The highest BCUT2D eigenvalue weighted by atomic mass is 35.5. The first-order valence-electron chi connectivity index (χ1n) is 5.18. The lowest BCUT2D eigenvalue weighted by Crippen LogP contribution is -2.19. The number of nitrogens with zero attached hydrogens (tertiary/aromatic N) is 2. The molecule has 0 unspecified atom stereocenters. The number of hydrogen-bond acceptors (Lipinski definition) is 4. The van der Waals surface area contributed by atoms with E-state index < -0.39 is 5.91 Å². The second-order valence-electron chi connectivity index (χ2n) is 3.63. The van der Waals surface area contributed by atoms with Gasteiger partial charge in [0.2, 0.25) is 5.91 Å². The van der Waals surface area contributed by atoms with Crippen LogP contribution in [0.1, 0.15) is 0 Å². The first-order chi connectivity index (χ1) is 8.58. The number of aromatic nitrogens is 3. The molecule has 0 bridgehead atoms. The maximum absolute atomic E-state index is 10.5. The van der Waals surface area contributed by atoms with Crippen molar-refractivity contribution < 1.29 is 9.53 Å². The quantitative estimate of drug-likeness (QED) is 0.640. The van der Waals surface area contributed by atoms with Crippen molar-refractivity contribution >= 4 is 40.9 Å². The molecule has 2 rings (SSSR count).